The van der Waals surface area contributed by atoms with Crippen LogP contribution in [-0.4, -0.2) is 54.0 Å². The highest BCUT2D eigenvalue weighted by Crippen LogP contribution is 2.20. The highest BCUT2D eigenvalue weighted by atomic mass is 35.5. The average Bonchev–Trinajstić information content (AvgIpc) is 3.12. The molecule has 0 aliphatic carbocycles. The van der Waals surface area contributed by atoms with E-state index < -0.39 is 0 Å². The Labute approximate surface area is 199 Å². The van der Waals surface area contributed by atoms with Gasteiger partial charge in [-0.05, 0) is 49.7 Å². The molecule has 33 heavy (non-hydrogen) atoms. The van der Waals surface area contributed by atoms with E-state index in [1.165, 1.54) is 5.56 Å². The first-order valence-electron chi connectivity index (χ1n) is 11.2. The Balaban J connectivity index is 1.30. The van der Waals surface area contributed by atoms with Gasteiger partial charge in [-0.25, -0.2) is 0 Å². The lowest BCUT2D eigenvalue weighted by Crippen LogP contribution is -2.51. The number of hydrogen-bond donors (Lipinski definition) is 1. The van der Waals surface area contributed by atoms with E-state index in [0.717, 1.165) is 30.2 Å². The normalized spacial score (nSPS) is 13.8. The van der Waals surface area contributed by atoms with E-state index in [-0.39, 0.29) is 18.4 Å². The average molecular weight is 465 g/mol. The largest absolute Gasteiger partial charge is 0.368 e. The van der Waals surface area contributed by atoms with E-state index in [9.17, 15) is 9.59 Å². The van der Waals surface area contributed by atoms with Gasteiger partial charge in [0.05, 0.1) is 12.1 Å². The van der Waals surface area contributed by atoms with Gasteiger partial charge >= 0.3 is 0 Å². The molecule has 7 heteroatoms. The maximum atomic E-state index is 12.8. The quantitative estimate of drug-likeness (QED) is 0.602. The zero-order chi connectivity index (χ0) is 23.4. The third-order valence-corrected chi connectivity index (χ3v) is 6.48. The Morgan fingerprint density at radius 2 is 1.61 bits per heavy atom. The van der Waals surface area contributed by atoms with Gasteiger partial charge in [-0.3, -0.25) is 9.59 Å². The highest BCUT2D eigenvalue weighted by molar-refractivity contribution is 6.30. The Morgan fingerprint density at radius 3 is 2.27 bits per heavy atom. The summed E-state index contributed by atoms with van der Waals surface area (Å²) in [5.74, 6) is -0.271. The summed E-state index contributed by atoms with van der Waals surface area (Å²) in [5.41, 5.74) is 4.82. The van der Waals surface area contributed by atoms with Crippen LogP contribution in [0, 0.1) is 13.8 Å². The number of rotatable bonds is 6. The second-order valence-electron chi connectivity index (χ2n) is 8.38. The predicted molar refractivity (Wildman–Crippen MR) is 132 cm³/mol. The number of anilines is 1. The first-order valence-corrected chi connectivity index (χ1v) is 11.6. The van der Waals surface area contributed by atoms with Crippen molar-refractivity contribution in [3.63, 3.8) is 0 Å². The molecule has 0 radical (unpaired) electrons. The number of nitrogens with zero attached hydrogens (tertiary/aromatic N) is 3. The Morgan fingerprint density at radius 1 is 0.939 bits per heavy atom. The van der Waals surface area contributed by atoms with Crippen molar-refractivity contribution in [1.82, 2.24) is 14.8 Å². The van der Waals surface area contributed by atoms with Gasteiger partial charge in [0.25, 0.3) is 5.91 Å². The van der Waals surface area contributed by atoms with Gasteiger partial charge in [-0.2, -0.15) is 0 Å². The molecule has 0 saturated carbocycles. The van der Waals surface area contributed by atoms with E-state index in [0.29, 0.717) is 30.2 Å². The molecule has 2 heterocycles. The smallest absolute Gasteiger partial charge is 0.253 e. The Bertz CT molecular complexity index is 1120. The molecule has 1 fully saturated rings. The van der Waals surface area contributed by atoms with Gasteiger partial charge in [0.2, 0.25) is 5.91 Å². The van der Waals surface area contributed by atoms with Gasteiger partial charge in [-0.1, -0.05) is 41.9 Å². The topological polar surface area (TPSA) is 57.6 Å². The van der Waals surface area contributed by atoms with Gasteiger partial charge < -0.3 is 19.7 Å². The lowest BCUT2D eigenvalue weighted by Gasteiger charge is -2.36. The summed E-state index contributed by atoms with van der Waals surface area (Å²) in [6.07, 6.45) is 0. The third kappa shape index (κ3) is 5.40. The Kier molecular flexibility index (Phi) is 7.04. The molecule has 4 rings (SSSR count). The minimum absolute atomic E-state index is 0.00211. The molecule has 1 saturated heterocycles. The molecule has 0 spiro atoms. The summed E-state index contributed by atoms with van der Waals surface area (Å²) in [4.78, 5) is 29.6. The van der Waals surface area contributed by atoms with Crippen LogP contribution < -0.4 is 10.2 Å². The number of benzene rings is 2. The van der Waals surface area contributed by atoms with Crippen molar-refractivity contribution in [2.45, 2.75) is 20.4 Å². The van der Waals surface area contributed by atoms with Crippen molar-refractivity contribution in [2.24, 2.45) is 0 Å². The van der Waals surface area contributed by atoms with Crippen LogP contribution in [0.15, 0.2) is 60.7 Å². The fourth-order valence-corrected chi connectivity index (χ4v) is 4.40. The van der Waals surface area contributed by atoms with Crippen molar-refractivity contribution in [3.8, 4) is 0 Å². The van der Waals surface area contributed by atoms with Gasteiger partial charge in [0.1, 0.15) is 0 Å². The number of halogens is 1. The van der Waals surface area contributed by atoms with Crippen LogP contribution in [0.5, 0.6) is 0 Å². The zero-order valence-electron chi connectivity index (χ0n) is 19.1. The van der Waals surface area contributed by atoms with Crippen molar-refractivity contribution in [2.75, 3.05) is 37.6 Å². The van der Waals surface area contributed by atoms with Crippen molar-refractivity contribution < 1.29 is 9.59 Å². The molecule has 1 aromatic heterocycles. The molecule has 172 valence electrons. The zero-order valence-corrected chi connectivity index (χ0v) is 19.8. The summed E-state index contributed by atoms with van der Waals surface area (Å²) in [7, 11) is 0. The van der Waals surface area contributed by atoms with Crippen LogP contribution >= 0.6 is 11.6 Å². The fourth-order valence-electron chi connectivity index (χ4n) is 4.27. The maximum Gasteiger partial charge on any atom is 0.253 e. The molecule has 1 aliphatic heterocycles. The predicted octanol–water partition coefficient (Wildman–Crippen LogP) is 3.89. The fraction of sp³-hybridized carbons (Fsp3) is 0.308. The van der Waals surface area contributed by atoms with E-state index in [1.807, 2.05) is 67.3 Å². The molecule has 0 atom stereocenters. The van der Waals surface area contributed by atoms with Crippen LogP contribution in [0.25, 0.3) is 0 Å². The number of hydrogen-bond acceptors (Lipinski definition) is 3. The molecule has 0 unspecified atom stereocenters. The molecule has 3 aromatic rings. The van der Waals surface area contributed by atoms with Crippen LogP contribution in [0.1, 0.15) is 27.3 Å². The molecule has 6 nitrogen and oxygen atoms in total. The molecule has 1 N–H and O–H groups in total. The summed E-state index contributed by atoms with van der Waals surface area (Å²) in [5, 5.41) is 3.53. The molecule has 2 aromatic carbocycles. The first-order chi connectivity index (χ1) is 15.9. The monoisotopic (exact) mass is 464 g/mol. The number of aromatic nitrogens is 1. The van der Waals surface area contributed by atoms with E-state index in [1.54, 1.807) is 0 Å². The molecule has 1 aliphatic rings. The number of nitrogens with one attached hydrogen (secondary N) is 1. The standard InChI is InChI=1S/C26H29ClN4O2/c1-19-16-24(20(2)31(19)18-21-6-4-3-5-7-21)26(33)28-17-25(32)30-14-12-29(13-15-30)23-10-8-22(27)9-11-23/h3-11,16H,12-15,17-18H2,1-2H3,(H,28,33). The van der Waals surface area contributed by atoms with Gasteiger partial charge in [0, 0.05) is 54.8 Å². The number of amides is 2. The summed E-state index contributed by atoms with van der Waals surface area (Å²) >= 11 is 5.97. The SMILES string of the molecule is Cc1cc(C(=O)NCC(=O)N2CCN(c3ccc(Cl)cc3)CC2)c(C)n1Cc1ccccc1. The summed E-state index contributed by atoms with van der Waals surface area (Å²) < 4.78 is 2.13. The van der Waals surface area contributed by atoms with Gasteiger partial charge in [-0.15, -0.1) is 0 Å². The van der Waals surface area contributed by atoms with E-state index in [4.69, 9.17) is 11.6 Å². The lowest BCUT2D eigenvalue weighted by molar-refractivity contribution is -0.130. The number of piperazine rings is 1. The highest BCUT2D eigenvalue weighted by Gasteiger charge is 2.22. The minimum Gasteiger partial charge on any atom is -0.368 e. The molecular weight excluding hydrogens is 436 g/mol. The van der Waals surface area contributed by atoms with Crippen molar-refractivity contribution >= 4 is 29.1 Å². The Hall–Kier alpha value is -3.25. The molecule has 0 bridgehead atoms. The van der Waals surface area contributed by atoms with Crippen LogP contribution in [0.3, 0.4) is 0 Å². The summed E-state index contributed by atoms with van der Waals surface area (Å²) in [6, 6.07) is 19.8. The first kappa shape index (κ1) is 22.9. The van der Waals surface area contributed by atoms with Crippen molar-refractivity contribution in [1.29, 1.82) is 0 Å². The number of carbonyl (C=O) groups is 2. The van der Waals surface area contributed by atoms with Crippen molar-refractivity contribution in [3.05, 3.63) is 88.2 Å². The number of aryl methyl sites for hydroxylation is 1. The van der Waals surface area contributed by atoms with E-state index >= 15 is 0 Å². The van der Waals surface area contributed by atoms with Crippen LogP contribution in [-0.2, 0) is 11.3 Å². The van der Waals surface area contributed by atoms with Crippen LogP contribution in [0.2, 0.25) is 5.02 Å². The molecular formula is C26H29ClN4O2. The third-order valence-electron chi connectivity index (χ3n) is 6.23. The second kappa shape index (κ2) is 10.1. The van der Waals surface area contributed by atoms with Crippen LogP contribution in [0.4, 0.5) is 5.69 Å². The van der Waals surface area contributed by atoms with E-state index in [2.05, 4.69) is 26.9 Å². The minimum atomic E-state index is -0.212. The lowest BCUT2D eigenvalue weighted by atomic mass is 10.2. The maximum absolute atomic E-state index is 12.8. The number of carbonyl (C=O) groups excluding carboxylic acids is 2. The summed E-state index contributed by atoms with van der Waals surface area (Å²) in [6.45, 7) is 7.42. The second-order valence-corrected chi connectivity index (χ2v) is 8.82. The van der Waals surface area contributed by atoms with Gasteiger partial charge in [0.15, 0.2) is 0 Å². The molecule has 2 amide bonds.